The number of benzene rings is 2. The molecule has 0 aromatic heterocycles. The van der Waals surface area contributed by atoms with Gasteiger partial charge in [0, 0.05) is 24.3 Å². The summed E-state index contributed by atoms with van der Waals surface area (Å²) in [6.45, 7) is 4.35. The third-order valence-corrected chi connectivity index (χ3v) is 4.56. The van der Waals surface area contributed by atoms with Gasteiger partial charge in [-0.1, -0.05) is 18.2 Å². The molecule has 1 aliphatic heterocycles. The summed E-state index contributed by atoms with van der Waals surface area (Å²) in [4.78, 5) is 26.3. The molecule has 26 heavy (non-hydrogen) atoms. The van der Waals surface area contributed by atoms with E-state index in [9.17, 15) is 9.59 Å². The Morgan fingerprint density at radius 3 is 2.38 bits per heavy atom. The van der Waals surface area contributed by atoms with E-state index in [2.05, 4.69) is 10.6 Å². The lowest BCUT2D eigenvalue weighted by Gasteiger charge is -2.18. The monoisotopic (exact) mass is 353 g/mol. The average Bonchev–Trinajstić information content (AvgIpc) is 2.98. The molecule has 0 unspecified atom stereocenters. The number of anilines is 2. The zero-order valence-electron chi connectivity index (χ0n) is 15.2. The van der Waals surface area contributed by atoms with Crippen LogP contribution in [0.3, 0.4) is 0 Å². The van der Waals surface area contributed by atoms with Gasteiger partial charge < -0.3 is 20.3 Å². The molecule has 0 saturated carbocycles. The maximum Gasteiger partial charge on any atom is 0.319 e. The molecule has 6 heteroatoms. The number of hydrogen-bond donors (Lipinski definition) is 2. The van der Waals surface area contributed by atoms with Crippen molar-refractivity contribution >= 4 is 23.3 Å². The lowest BCUT2D eigenvalue weighted by molar-refractivity contribution is -0.117. The van der Waals surface area contributed by atoms with E-state index in [0.717, 1.165) is 28.3 Å². The zero-order chi connectivity index (χ0) is 18.7. The molecule has 2 aromatic carbocycles. The summed E-state index contributed by atoms with van der Waals surface area (Å²) < 4.78 is 5.14. The van der Waals surface area contributed by atoms with Crippen LogP contribution in [0.5, 0.6) is 5.75 Å². The third kappa shape index (κ3) is 3.79. The fourth-order valence-electron chi connectivity index (χ4n) is 3.16. The normalized spacial score (nSPS) is 16.5. The summed E-state index contributed by atoms with van der Waals surface area (Å²) in [5, 5.41) is 5.79. The number of para-hydroxylation sites is 1. The third-order valence-electron chi connectivity index (χ3n) is 4.56. The number of methoxy groups -OCH3 is 1. The molecule has 1 atom stereocenters. The van der Waals surface area contributed by atoms with Gasteiger partial charge in [-0.25, -0.2) is 4.79 Å². The van der Waals surface area contributed by atoms with E-state index in [1.54, 1.807) is 12.0 Å². The summed E-state index contributed by atoms with van der Waals surface area (Å²) in [6, 6.07) is 12.7. The first-order chi connectivity index (χ1) is 12.5. The largest absolute Gasteiger partial charge is 0.497 e. The van der Waals surface area contributed by atoms with Crippen LogP contribution < -0.4 is 20.3 Å². The van der Waals surface area contributed by atoms with Gasteiger partial charge in [0.25, 0.3) is 0 Å². The van der Waals surface area contributed by atoms with Gasteiger partial charge in [-0.2, -0.15) is 0 Å². The number of hydrogen-bond acceptors (Lipinski definition) is 3. The van der Waals surface area contributed by atoms with E-state index in [4.69, 9.17) is 4.74 Å². The van der Waals surface area contributed by atoms with E-state index in [-0.39, 0.29) is 24.4 Å². The molecule has 6 nitrogen and oxygen atoms in total. The highest BCUT2D eigenvalue weighted by Gasteiger charge is 2.31. The average molecular weight is 353 g/mol. The molecule has 3 amide bonds. The van der Waals surface area contributed by atoms with Crippen LogP contribution in [0.25, 0.3) is 0 Å². The number of carbonyl (C=O) groups is 2. The number of urea groups is 1. The molecule has 0 radical (unpaired) electrons. The van der Waals surface area contributed by atoms with Gasteiger partial charge in [0.05, 0.1) is 13.2 Å². The maximum absolute atomic E-state index is 12.3. The van der Waals surface area contributed by atoms with Crippen molar-refractivity contribution in [3.8, 4) is 5.75 Å². The Balaban J connectivity index is 1.62. The minimum Gasteiger partial charge on any atom is -0.497 e. The van der Waals surface area contributed by atoms with Gasteiger partial charge >= 0.3 is 6.03 Å². The first-order valence-electron chi connectivity index (χ1n) is 8.56. The zero-order valence-corrected chi connectivity index (χ0v) is 15.2. The van der Waals surface area contributed by atoms with E-state index in [0.29, 0.717) is 6.54 Å². The Bertz CT molecular complexity index is 797. The SMILES string of the molecule is COc1ccc(N2C[C@@H](NC(=O)Nc3c(C)cccc3C)CC2=O)cc1. The molecule has 1 heterocycles. The number of aryl methyl sites for hydroxylation is 2. The van der Waals surface area contributed by atoms with Crippen LogP contribution in [0.1, 0.15) is 17.5 Å². The van der Waals surface area contributed by atoms with Gasteiger partial charge in [0.2, 0.25) is 5.91 Å². The second-order valence-corrected chi connectivity index (χ2v) is 6.47. The van der Waals surface area contributed by atoms with Crippen molar-refractivity contribution in [2.75, 3.05) is 23.9 Å². The molecule has 0 spiro atoms. The van der Waals surface area contributed by atoms with Crippen molar-refractivity contribution in [2.45, 2.75) is 26.3 Å². The quantitative estimate of drug-likeness (QED) is 0.886. The summed E-state index contributed by atoms with van der Waals surface area (Å²) in [5.41, 5.74) is 3.61. The Morgan fingerprint density at radius 1 is 1.12 bits per heavy atom. The van der Waals surface area contributed by atoms with Crippen molar-refractivity contribution < 1.29 is 14.3 Å². The Morgan fingerprint density at radius 2 is 1.77 bits per heavy atom. The Hall–Kier alpha value is -3.02. The highest BCUT2D eigenvalue weighted by molar-refractivity contribution is 5.98. The number of amides is 3. The van der Waals surface area contributed by atoms with Gasteiger partial charge in [0.1, 0.15) is 5.75 Å². The molecule has 2 N–H and O–H groups in total. The Labute approximate surface area is 153 Å². The Kier molecular flexibility index (Phi) is 5.11. The first-order valence-corrected chi connectivity index (χ1v) is 8.56. The molecule has 136 valence electrons. The lowest BCUT2D eigenvalue weighted by atomic mass is 10.1. The summed E-state index contributed by atoms with van der Waals surface area (Å²) in [6.07, 6.45) is 0.284. The summed E-state index contributed by atoms with van der Waals surface area (Å²) in [7, 11) is 1.60. The van der Waals surface area contributed by atoms with E-state index >= 15 is 0 Å². The minimum atomic E-state index is -0.295. The molecular weight excluding hydrogens is 330 g/mol. The fraction of sp³-hybridized carbons (Fsp3) is 0.300. The minimum absolute atomic E-state index is 0.00691. The van der Waals surface area contributed by atoms with Crippen LogP contribution in [-0.2, 0) is 4.79 Å². The van der Waals surface area contributed by atoms with Crippen molar-refractivity contribution in [3.05, 3.63) is 53.6 Å². The predicted octanol–water partition coefficient (Wildman–Crippen LogP) is 3.24. The van der Waals surface area contributed by atoms with Crippen molar-refractivity contribution in [1.29, 1.82) is 0 Å². The predicted molar refractivity (Wildman–Crippen MR) is 102 cm³/mol. The maximum atomic E-state index is 12.3. The molecular formula is C20H23N3O3. The van der Waals surface area contributed by atoms with Gasteiger partial charge in [-0.15, -0.1) is 0 Å². The lowest BCUT2D eigenvalue weighted by Crippen LogP contribution is -2.40. The molecule has 1 aliphatic rings. The van der Waals surface area contributed by atoms with Crippen LogP contribution in [-0.4, -0.2) is 31.6 Å². The number of nitrogens with one attached hydrogen (secondary N) is 2. The molecule has 1 saturated heterocycles. The number of ether oxygens (including phenoxy) is 1. The highest BCUT2D eigenvalue weighted by Crippen LogP contribution is 2.24. The van der Waals surface area contributed by atoms with Crippen molar-refractivity contribution in [3.63, 3.8) is 0 Å². The summed E-state index contributed by atoms with van der Waals surface area (Å²) >= 11 is 0. The van der Waals surface area contributed by atoms with Crippen LogP contribution in [0.2, 0.25) is 0 Å². The van der Waals surface area contributed by atoms with Crippen molar-refractivity contribution in [2.24, 2.45) is 0 Å². The number of rotatable bonds is 4. The first kappa shape index (κ1) is 17.8. The van der Waals surface area contributed by atoms with Crippen LogP contribution in [0.15, 0.2) is 42.5 Å². The second kappa shape index (κ2) is 7.47. The molecule has 0 aliphatic carbocycles. The van der Waals surface area contributed by atoms with Gasteiger partial charge in [-0.05, 0) is 49.2 Å². The van der Waals surface area contributed by atoms with Gasteiger partial charge in [-0.3, -0.25) is 4.79 Å². The van der Waals surface area contributed by atoms with Crippen molar-refractivity contribution in [1.82, 2.24) is 5.32 Å². The fourth-order valence-corrected chi connectivity index (χ4v) is 3.16. The standard InChI is InChI=1S/C20H23N3O3/c1-13-5-4-6-14(2)19(13)22-20(25)21-15-11-18(24)23(12-15)16-7-9-17(26-3)10-8-16/h4-10,15H,11-12H2,1-3H3,(H2,21,22,25)/t15-/m0/s1. The number of carbonyl (C=O) groups excluding carboxylic acids is 2. The van der Waals surface area contributed by atoms with Crippen LogP contribution in [0.4, 0.5) is 16.2 Å². The second-order valence-electron chi connectivity index (χ2n) is 6.47. The topological polar surface area (TPSA) is 70.7 Å². The highest BCUT2D eigenvalue weighted by atomic mass is 16.5. The van der Waals surface area contributed by atoms with Crippen LogP contribution >= 0.6 is 0 Å². The van der Waals surface area contributed by atoms with Gasteiger partial charge in [0.15, 0.2) is 0 Å². The summed E-state index contributed by atoms with van der Waals surface area (Å²) in [5.74, 6) is 0.732. The van der Waals surface area contributed by atoms with E-state index in [1.165, 1.54) is 0 Å². The van der Waals surface area contributed by atoms with E-state index < -0.39 is 0 Å². The molecule has 1 fully saturated rings. The smallest absolute Gasteiger partial charge is 0.319 e. The molecule has 2 aromatic rings. The molecule has 0 bridgehead atoms. The molecule has 3 rings (SSSR count). The van der Waals surface area contributed by atoms with E-state index in [1.807, 2.05) is 56.3 Å². The van der Waals surface area contributed by atoms with Crippen LogP contribution in [0, 0.1) is 13.8 Å². The number of nitrogens with zero attached hydrogens (tertiary/aromatic N) is 1.